The number of carbonyl (C=O) groups is 3. The van der Waals surface area contributed by atoms with E-state index < -0.39 is 35.4 Å². The molecule has 1 fully saturated rings. The van der Waals surface area contributed by atoms with Crippen molar-refractivity contribution in [1.82, 2.24) is 9.88 Å². The summed E-state index contributed by atoms with van der Waals surface area (Å²) < 4.78 is 22.6. The van der Waals surface area contributed by atoms with Crippen molar-refractivity contribution >= 4 is 24.0 Å². The van der Waals surface area contributed by atoms with Gasteiger partial charge in [0.2, 0.25) is 0 Å². The highest BCUT2D eigenvalue weighted by Crippen LogP contribution is 2.30. The smallest absolute Gasteiger partial charge is 0.416 e. The number of pyridine rings is 1. The molecule has 0 saturated carbocycles. The van der Waals surface area contributed by atoms with Crippen LogP contribution < -0.4 is 4.90 Å². The van der Waals surface area contributed by atoms with Crippen LogP contribution in [-0.4, -0.2) is 71.1 Å². The van der Waals surface area contributed by atoms with Gasteiger partial charge >= 0.3 is 18.2 Å². The molecule has 1 aliphatic heterocycles. The topological polar surface area (TPSA) is 108 Å². The van der Waals surface area contributed by atoms with Gasteiger partial charge in [0.1, 0.15) is 30.2 Å². The Labute approximate surface area is 242 Å². The maximum Gasteiger partial charge on any atom is 0.416 e. The highest BCUT2D eigenvalue weighted by molar-refractivity contribution is 5.86. The predicted molar refractivity (Wildman–Crippen MR) is 154 cm³/mol. The first-order valence-electron chi connectivity index (χ1n) is 13.9. The molecule has 0 unspecified atom stereocenters. The minimum Gasteiger partial charge on any atom is -0.458 e. The Morgan fingerprint density at radius 1 is 0.976 bits per heavy atom. The van der Waals surface area contributed by atoms with Crippen LogP contribution in [0.1, 0.15) is 60.5 Å². The summed E-state index contributed by atoms with van der Waals surface area (Å²) in [7, 11) is 0. The van der Waals surface area contributed by atoms with Gasteiger partial charge in [-0.3, -0.25) is 4.90 Å². The van der Waals surface area contributed by atoms with E-state index in [4.69, 9.17) is 18.9 Å². The number of amides is 2. The Balaban J connectivity index is 1.78. The number of hydrogen-bond donors (Lipinski definition) is 0. The molecule has 224 valence electrons. The number of ether oxygens (including phenoxy) is 4. The van der Waals surface area contributed by atoms with Crippen molar-refractivity contribution in [1.29, 1.82) is 0 Å². The van der Waals surface area contributed by atoms with E-state index in [1.807, 2.05) is 37.3 Å². The third kappa shape index (κ3) is 10.4. The lowest BCUT2D eigenvalue weighted by Crippen LogP contribution is -2.47. The van der Waals surface area contributed by atoms with Crippen molar-refractivity contribution in [3.63, 3.8) is 0 Å². The number of anilines is 1. The molecule has 3 atom stereocenters. The van der Waals surface area contributed by atoms with Crippen LogP contribution in [-0.2, 0) is 30.3 Å². The zero-order chi connectivity index (χ0) is 30.2. The van der Waals surface area contributed by atoms with E-state index in [0.29, 0.717) is 18.8 Å². The molecule has 2 heterocycles. The molecule has 10 nitrogen and oxygen atoms in total. The van der Waals surface area contributed by atoms with Gasteiger partial charge in [-0.25, -0.2) is 19.4 Å². The molecule has 2 aromatic rings. The minimum absolute atomic E-state index is 0.115. The van der Waals surface area contributed by atoms with Gasteiger partial charge in [0.25, 0.3) is 0 Å². The summed E-state index contributed by atoms with van der Waals surface area (Å²) in [5.74, 6) is -0.155. The van der Waals surface area contributed by atoms with Crippen LogP contribution in [0.4, 0.5) is 15.4 Å². The molecule has 1 aliphatic rings. The van der Waals surface area contributed by atoms with Gasteiger partial charge in [-0.05, 0) is 72.6 Å². The van der Waals surface area contributed by atoms with Crippen LogP contribution in [0.15, 0.2) is 54.7 Å². The largest absolute Gasteiger partial charge is 0.458 e. The number of benzene rings is 1. The number of carbonyl (C=O) groups excluding carboxylic acids is 3. The number of nitrogens with zero attached hydrogens (tertiary/aromatic N) is 3. The average Bonchev–Trinajstić information content (AvgIpc) is 3.32. The first-order valence-corrected chi connectivity index (χ1v) is 13.9. The number of likely N-dealkylation sites (tertiary alicyclic amines) is 1. The summed E-state index contributed by atoms with van der Waals surface area (Å²) in [4.78, 5) is 46.3. The zero-order valence-corrected chi connectivity index (χ0v) is 25.2. The highest BCUT2D eigenvalue weighted by Gasteiger charge is 2.41. The summed E-state index contributed by atoms with van der Waals surface area (Å²) in [5, 5.41) is 0. The summed E-state index contributed by atoms with van der Waals surface area (Å²) in [6.07, 6.45) is 0.698. The second-order valence-corrected chi connectivity index (χ2v) is 12.2. The van der Waals surface area contributed by atoms with E-state index >= 15 is 0 Å². The van der Waals surface area contributed by atoms with Gasteiger partial charge in [-0.15, -0.1) is 0 Å². The summed E-state index contributed by atoms with van der Waals surface area (Å²) >= 11 is 0. The van der Waals surface area contributed by atoms with Gasteiger partial charge in [0.15, 0.2) is 0 Å². The predicted octanol–water partition coefficient (Wildman–Crippen LogP) is 5.60. The second kappa shape index (κ2) is 13.8. The molecule has 2 amide bonds. The van der Waals surface area contributed by atoms with Gasteiger partial charge in [-0.2, -0.15) is 0 Å². The van der Waals surface area contributed by atoms with Crippen molar-refractivity contribution in [3.05, 3.63) is 60.3 Å². The minimum atomic E-state index is -0.722. The second-order valence-electron chi connectivity index (χ2n) is 12.2. The lowest BCUT2D eigenvalue weighted by Gasteiger charge is -2.31. The van der Waals surface area contributed by atoms with Crippen molar-refractivity contribution in [3.8, 4) is 0 Å². The average molecular weight is 570 g/mol. The van der Waals surface area contributed by atoms with Crippen LogP contribution in [0.25, 0.3) is 0 Å². The van der Waals surface area contributed by atoms with E-state index in [-0.39, 0.29) is 31.8 Å². The Bertz CT molecular complexity index is 1150. The quantitative estimate of drug-likeness (QED) is 0.284. The van der Waals surface area contributed by atoms with E-state index in [1.54, 1.807) is 70.8 Å². The maximum absolute atomic E-state index is 13.4. The fourth-order valence-corrected chi connectivity index (χ4v) is 4.50. The molecule has 0 N–H and O–H groups in total. The number of rotatable bonds is 9. The standard InChI is InChI=1S/C31H43N3O7/c1-22(38-21-27(35)40-30(2,3)4)24-17-25(33(18-24)28(36)39-20-23-13-9-8-10-14-23)19-34(26-15-11-12-16-32-26)29(37)41-31(5,6)7/h8-16,22,24-25H,17-21H2,1-7H3/t22-,24+,25-/m0/s1. The molecule has 10 heteroatoms. The van der Waals surface area contributed by atoms with Crippen LogP contribution in [0.5, 0.6) is 0 Å². The van der Waals surface area contributed by atoms with Gasteiger partial charge in [0, 0.05) is 18.7 Å². The first-order chi connectivity index (χ1) is 19.2. The van der Waals surface area contributed by atoms with Crippen molar-refractivity contribution in [2.75, 3.05) is 24.6 Å². The molecule has 0 bridgehead atoms. The Kier molecular flexibility index (Phi) is 10.7. The first kappa shape index (κ1) is 31.9. The van der Waals surface area contributed by atoms with Gasteiger partial charge in [-0.1, -0.05) is 36.4 Å². The zero-order valence-electron chi connectivity index (χ0n) is 25.2. The third-order valence-electron chi connectivity index (χ3n) is 6.37. The van der Waals surface area contributed by atoms with E-state index in [9.17, 15) is 14.4 Å². The lowest BCUT2D eigenvalue weighted by molar-refractivity contribution is -0.162. The molecular weight excluding hydrogens is 526 g/mol. The number of hydrogen-bond acceptors (Lipinski definition) is 8. The molecule has 1 aromatic carbocycles. The van der Waals surface area contributed by atoms with Crippen molar-refractivity contribution in [2.45, 2.75) is 84.8 Å². The van der Waals surface area contributed by atoms with Crippen LogP contribution in [0.2, 0.25) is 0 Å². The van der Waals surface area contributed by atoms with Crippen molar-refractivity contribution < 1.29 is 33.3 Å². The molecule has 0 spiro atoms. The van der Waals surface area contributed by atoms with Crippen LogP contribution >= 0.6 is 0 Å². The van der Waals surface area contributed by atoms with E-state index in [0.717, 1.165) is 5.56 Å². The fraction of sp³-hybridized carbons (Fsp3) is 0.548. The normalized spacial score (nSPS) is 18.0. The molecule has 1 saturated heterocycles. The van der Waals surface area contributed by atoms with Crippen LogP contribution in [0.3, 0.4) is 0 Å². The molecule has 3 rings (SSSR count). The SMILES string of the molecule is C[C@H](OCC(=O)OC(C)(C)C)[C@@H]1C[C@@H](CN(C(=O)OC(C)(C)C)c2ccccn2)N(C(=O)OCc2ccccc2)C1. The molecule has 0 aliphatic carbocycles. The monoisotopic (exact) mass is 569 g/mol. The fourth-order valence-electron chi connectivity index (χ4n) is 4.50. The Hall–Kier alpha value is -3.66. The Morgan fingerprint density at radius 3 is 2.24 bits per heavy atom. The van der Waals surface area contributed by atoms with Gasteiger partial charge < -0.3 is 23.8 Å². The number of aromatic nitrogens is 1. The highest BCUT2D eigenvalue weighted by atomic mass is 16.6. The summed E-state index contributed by atoms with van der Waals surface area (Å²) in [6.45, 7) is 13.0. The lowest BCUT2D eigenvalue weighted by atomic mass is 10.00. The molecule has 0 radical (unpaired) electrons. The molecular formula is C31H43N3O7. The molecule has 41 heavy (non-hydrogen) atoms. The molecule has 1 aromatic heterocycles. The summed E-state index contributed by atoms with van der Waals surface area (Å²) in [5.41, 5.74) is -0.468. The van der Waals surface area contributed by atoms with E-state index in [1.165, 1.54) is 4.90 Å². The van der Waals surface area contributed by atoms with Crippen LogP contribution in [0, 0.1) is 5.92 Å². The Morgan fingerprint density at radius 2 is 1.63 bits per heavy atom. The number of esters is 1. The summed E-state index contributed by atoms with van der Waals surface area (Å²) in [6, 6.07) is 14.3. The van der Waals surface area contributed by atoms with E-state index in [2.05, 4.69) is 4.98 Å². The maximum atomic E-state index is 13.4. The van der Waals surface area contributed by atoms with Crippen molar-refractivity contribution in [2.24, 2.45) is 5.92 Å². The third-order valence-corrected chi connectivity index (χ3v) is 6.37. The van der Waals surface area contributed by atoms with Gasteiger partial charge in [0.05, 0.1) is 18.7 Å².